The van der Waals surface area contributed by atoms with Crippen LogP contribution in [0.15, 0.2) is 11.4 Å². The molecule has 2 rings (SSSR count). The van der Waals surface area contributed by atoms with Gasteiger partial charge in [0.25, 0.3) is 0 Å². The van der Waals surface area contributed by atoms with Gasteiger partial charge in [-0.2, -0.15) is 0 Å². The highest BCUT2D eigenvalue weighted by molar-refractivity contribution is 7.10. The molecule has 0 fully saturated rings. The number of nitrogens with zero attached hydrogens (tertiary/aromatic N) is 1. The van der Waals surface area contributed by atoms with Gasteiger partial charge in [-0.15, -0.1) is 11.3 Å². The van der Waals surface area contributed by atoms with E-state index in [1.165, 1.54) is 51.7 Å². The predicted octanol–water partition coefficient (Wildman–Crippen LogP) is 4.23. The molecule has 20 heavy (non-hydrogen) atoms. The lowest BCUT2D eigenvalue weighted by Gasteiger charge is -2.33. The van der Waals surface area contributed by atoms with Crippen molar-refractivity contribution in [1.82, 2.24) is 10.2 Å². The van der Waals surface area contributed by atoms with Crippen molar-refractivity contribution in [2.75, 3.05) is 19.6 Å². The van der Waals surface area contributed by atoms with Crippen LogP contribution >= 0.6 is 11.3 Å². The number of fused-ring (bicyclic) bond motifs is 1. The zero-order valence-electron chi connectivity index (χ0n) is 13.3. The minimum Gasteiger partial charge on any atom is -0.315 e. The van der Waals surface area contributed by atoms with Crippen molar-refractivity contribution in [3.63, 3.8) is 0 Å². The molecule has 1 aromatic heterocycles. The van der Waals surface area contributed by atoms with Crippen LogP contribution < -0.4 is 5.32 Å². The monoisotopic (exact) mass is 294 g/mol. The molecule has 1 unspecified atom stereocenters. The first-order chi connectivity index (χ1) is 9.68. The third kappa shape index (κ3) is 4.57. The van der Waals surface area contributed by atoms with Crippen LogP contribution in [0.4, 0.5) is 0 Å². The Bertz CT molecular complexity index is 386. The summed E-state index contributed by atoms with van der Waals surface area (Å²) in [5, 5.41) is 5.75. The topological polar surface area (TPSA) is 15.3 Å². The predicted molar refractivity (Wildman–Crippen MR) is 89.6 cm³/mol. The molecule has 0 radical (unpaired) electrons. The molecule has 2 nitrogen and oxygen atoms in total. The number of nitrogens with one attached hydrogen (secondary N) is 1. The van der Waals surface area contributed by atoms with Crippen molar-refractivity contribution >= 4 is 11.3 Å². The number of thiophene rings is 1. The van der Waals surface area contributed by atoms with Crippen LogP contribution in [0, 0.1) is 0 Å². The van der Waals surface area contributed by atoms with Crippen molar-refractivity contribution in [1.29, 1.82) is 0 Å². The zero-order chi connectivity index (χ0) is 14.4. The Labute approximate surface area is 128 Å². The molecule has 0 amide bonds. The van der Waals surface area contributed by atoms with Crippen LogP contribution in [-0.2, 0) is 6.42 Å². The van der Waals surface area contributed by atoms with Gasteiger partial charge < -0.3 is 5.32 Å². The van der Waals surface area contributed by atoms with E-state index in [9.17, 15) is 0 Å². The Morgan fingerprint density at radius 3 is 2.90 bits per heavy atom. The van der Waals surface area contributed by atoms with Gasteiger partial charge >= 0.3 is 0 Å². The second kappa shape index (κ2) is 8.16. The molecule has 0 bridgehead atoms. The van der Waals surface area contributed by atoms with Gasteiger partial charge in [-0.3, -0.25) is 4.90 Å². The van der Waals surface area contributed by atoms with E-state index in [-0.39, 0.29) is 0 Å². The number of hydrogen-bond acceptors (Lipinski definition) is 3. The zero-order valence-corrected chi connectivity index (χ0v) is 14.1. The summed E-state index contributed by atoms with van der Waals surface area (Å²) in [5.41, 5.74) is 1.59. The lowest BCUT2D eigenvalue weighted by molar-refractivity contribution is 0.196. The van der Waals surface area contributed by atoms with Gasteiger partial charge in [0.15, 0.2) is 0 Å². The average molecular weight is 295 g/mol. The Morgan fingerprint density at radius 1 is 1.30 bits per heavy atom. The van der Waals surface area contributed by atoms with Crippen LogP contribution in [0.25, 0.3) is 0 Å². The van der Waals surface area contributed by atoms with Gasteiger partial charge in [0, 0.05) is 23.5 Å². The Balaban J connectivity index is 1.59. The SMILES string of the molecule is CC(C)NCCCCCCN1CCc2sccc2C1C. The van der Waals surface area contributed by atoms with Gasteiger partial charge in [-0.1, -0.05) is 26.7 Å². The van der Waals surface area contributed by atoms with E-state index in [1.54, 1.807) is 10.4 Å². The third-order valence-corrected chi connectivity index (χ3v) is 5.32. The molecule has 0 aromatic carbocycles. The molecular weight excluding hydrogens is 264 g/mol. The molecule has 1 atom stereocenters. The highest BCUT2D eigenvalue weighted by atomic mass is 32.1. The van der Waals surface area contributed by atoms with Crippen molar-refractivity contribution < 1.29 is 0 Å². The first-order valence-corrected chi connectivity index (χ1v) is 9.10. The smallest absolute Gasteiger partial charge is 0.0331 e. The fourth-order valence-corrected chi connectivity index (χ4v) is 4.01. The van der Waals surface area contributed by atoms with Crippen LogP contribution in [0.1, 0.15) is 62.9 Å². The summed E-state index contributed by atoms with van der Waals surface area (Å²) in [5.74, 6) is 0. The number of hydrogen-bond donors (Lipinski definition) is 1. The maximum Gasteiger partial charge on any atom is 0.0331 e. The van der Waals surface area contributed by atoms with E-state index in [2.05, 4.69) is 42.4 Å². The van der Waals surface area contributed by atoms with Crippen LogP contribution in [0.3, 0.4) is 0 Å². The highest BCUT2D eigenvalue weighted by Crippen LogP contribution is 2.32. The maximum atomic E-state index is 3.49. The van der Waals surface area contributed by atoms with E-state index in [0.717, 1.165) is 0 Å². The largest absolute Gasteiger partial charge is 0.315 e. The molecule has 0 saturated carbocycles. The summed E-state index contributed by atoms with van der Waals surface area (Å²) in [4.78, 5) is 4.29. The molecule has 1 aliphatic rings. The summed E-state index contributed by atoms with van der Waals surface area (Å²) in [6, 6.07) is 3.59. The molecule has 114 valence electrons. The molecule has 0 saturated heterocycles. The van der Waals surface area contributed by atoms with Crippen LogP contribution in [0.5, 0.6) is 0 Å². The second-order valence-corrected chi connectivity index (χ2v) is 7.28. The van der Waals surface area contributed by atoms with Gasteiger partial charge in [0.2, 0.25) is 0 Å². The highest BCUT2D eigenvalue weighted by Gasteiger charge is 2.23. The molecular formula is C17H30N2S. The lowest BCUT2D eigenvalue weighted by Crippen LogP contribution is -2.33. The standard InChI is InChI=1S/C17H30N2S/c1-14(2)18-10-6-4-5-7-11-19-12-8-17-16(15(19)3)9-13-20-17/h9,13-15,18H,4-8,10-12H2,1-3H3. The number of unbranched alkanes of at least 4 members (excludes halogenated alkanes) is 3. The van der Waals surface area contributed by atoms with Gasteiger partial charge in [0.1, 0.15) is 0 Å². The summed E-state index contributed by atoms with van der Waals surface area (Å²) in [6.45, 7) is 10.5. The maximum absolute atomic E-state index is 3.49. The molecule has 1 aliphatic heterocycles. The van der Waals surface area contributed by atoms with E-state index >= 15 is 0 Å². The summed E-state index contributed by atoms with van der Waals surface area (Å²) >= 11 is 1.94. The molecule has 0 spiro atoms. The summed E-state index contributed by atoms with van der Waals surface area (Å²) in [7, 11) is 0. The van der Waals surface area contributed by atoms with Gasteiger partial charge in [0.05, 0.1) is 0 Å². The first kappa shape index (κ1) is 16.0. The van der Waals surface area contributed by atoms with Crippen molar-refractivity contribution in [2.45, 2.75) is 65.0 Å². The average Bonchev–Trinajstić information content (AvgIpc) is 2.89. The Morgan fingerprint density at radius 2 is 2.10 bits per heavy atom. The van der Waals surface area contributed by atoms with E-state index < -0.39 is 0 Å². The molecule has 3 heteroatoms. The second-order valence-electron chi connectivity index (χ2n) is 6.28. The van der Waals surface area contributed by atoms with Crippen molar-refractivity contribution in [3.05, 3.63) is 21.9 Å². The van der Waals surface area contributed by atoms with E-state index in [0.29, 0.717) is 12.1 Å². The van der Waals surface area contributed by atoms with Crippen LogP contribution in [0.2, 0.25) is 0 Å². The molecule has 1 aromatic rings. The summed E-state index contributed by atoms with van der Waals surface area (Å²) < 4.78 is 0. The minimum absolute atomic E-state index is 0.629. The lowest BCUT2D eigenvalue weighted by atomic mass is 10.0. The summed E-state index contributed by atoms with van der Waals surface area (Å²) in [6.07, 6.45) is 6.68. The fourth-order valence-electron chi connectivity index (χ4n) is 3.05. The van der Waals surface area contributed by atoms with Crippen molar-refractivity contribution in [3.8, 4) is 0 Å². The molecule has 0 aliphatic carbocycles. The van der Waals surface area contributed by atoms with Gasteiger partial charge in [-0.25, -0.2) is 0 Å². The number of rotatable bonds is 8. The van der Waals surface area contributed by atoms with Crippen LogP contribution in [-0.4, -0.2) is 30.6 Å². The minimum atomic E-state index is 0.629. The molecule has 2 heterocycles. The fraction of sp³-hybridized carbons (Fsp3) is 0.765. The van der Waals surface area contributed by atoms with E-state index in [4.69, 9.17) is 0 Å². The van der Waals surface area contributed by atoms with E-state index in [1.807, 2.05) is 11.3 Å². The van der Waals surface area contributed by atoms with Crippen molar-refractivity contribution in [2.24, 2.45) is 0 Å². The quantitative estimate of drug-likeness (QED) is 0.722. The van der Waals surface area contributed by atoms with Gasteiger partial charge in [-0.05, 0) is 56.3 Å². The third-order valence-electron chi connectivity index (χ3n) is 4.33. The Kier molecular flexibility index (Phi) is 6.53. The normalized spacial score (nSPS) is 19.5. The molecule has 1 N–H and O–H groups in total. The first-order valence-electron chi connectivity index (χ1n) is 8.22. The Hall–Kier alpha value is -0.380.